The zero-order valence-electron chi connectivity index (χ0n) is 14.0. The van der Waals surface area contributed by atoms with Gasteiger partial charge in [-0.15, -0.1) is 0 Å². The minimum absolute atomic E-state index is 0.143. The summed E-state index contributed by atoms with van der Waals surface area (Å²) in [6.45, 7) is 5.54. The fraction of sp³-hybridized carbons (Fsp3) is 0.471. The number of nitrogens with zero attached hydrogens (tertiary/aromatic N) is 1. The van der Waals surface area contributed by atoms with Crippen LogP contribution in [0.2, 0.25) is 0 Å². The molecule has 1 fully saturated rings. The fourth-order valence-electron chi connectivity index (χ4n) is 3.00. The van der Waals surface area contributed by atoms with Crippen molar-refractivity contribution in [3.8, 4) is 5.75 Å². The number of hydrogen-bond acceptors (Lipinski definition) is 5. The Kier molecular flexibility index (Phi) is 3.95. The van der Waals surface area contributed by atoms with E-state index in [0.717, 1.165) is 5.69 Å². The van der Waals surface area contributed by atoms with Gasteiger partial charge >= 0.3 is 0 Å². The van der Waals surface area contributed by atoms with Crippen molar-refractivity contribution in [1.29, 1.82) is 0 Å². The molecule has 7 nitrogen and oxygen atoms in total. The van der Waals surface area contributed by atoms with E-state index in [0.29, 0.717) is 11.4 Å². The summed E-state index contributed by atoms with van der Waals surface area (Å²) in [5.41, 5.74) is 0.792. The third-order valence-corrected chi connectivity index (χ3v) is 4.36. The molecule has 2 N–H and O–H groups in total. The lowest BCUT2D eigenvalue weighted by atomic mass is 9.95. The van der Waals surface area contributed by atoms with E-state index in [2.05, 4.69) is 10.6 Å². The lowest BCUT2D eigenvalue weighted by Crippen LogP contribution is -2.55. The first-order chi connectivity index (χ1) is 11.3. The van der Waals surface area contributed by atoms with Crippen LogP contribution in [0.4, 0.5) is 11.4 Å². The summed E-state index contributed by atoms with van der Waals surface area (Å²) in [6, 6.07) is 5.10. The van der Waals surface area contributed by atoms with E-state index in [4.69, 9.17) is 4.74 Å². The highest BCUT2D eigenvalue weighted by molar-refractivity contribution is 6.02. The Morgan fingerprint density at radius 3 is 2.62 bits per heavy atom. The standard InChI is InChI=1S/C17H21N3O4/c1-10(21)18-11-4-5-13-12(8-11)19-14(17(2,3)24-13)9-20-15(22)6-7-16(20)23/h4-5,8,14,19H,6-7,9H2,1-3H3,(H,18,21). The molecule has 0 spiro atoms. The molecule has 0 aromatic heterocycles. The average molecular weight is 331 g/mol. The number of rotatable bonds is 3. The fourth-order valence-corrected chi connectivity index (χ4v) is 3.00. The van der Waals surface area contributed by atoms with E-state index in [1.807, 2.05) is 13.8 Å². The number of likely N-dealkylation sites (tertiary alicyclic amines) is 1. The molecule has 1 aromatic carbocycles. The van der Waals surface area contributed by atoms with Crippen LogP contribution in [0.25, 0.3) is 0 Å². The Hall–Kier alpha value is -2.57. The van der Waals surface area contributed by atoms with E-state index in [-0.39, 0.29) is 43.1 Å². The Morgan fingerprint density at radius 2 is 2.00 bits per heavy atom. The van der Waals surface area contributed by atoms with Crippen LogP contribution in [0.15, 0.2) is 18.2 Å². The topological polar surface area (TPSA) is 87.7 Å². The van der Waals surface area contributed by atoms with Gasteiger partial charge in [0, 0.05) is 25.5 Å². The van der Waals surface area contributed by atoms with Crippen LogP contribution in [0.1, 0.15) is 33.6 Å². The number of benzene rings is 1. The van der Waals surface area contributed by atoms with Gasteiger partial charge in [-0.05, 0) is 32.0 Å². The molecule has 3 amide bonds. The number of ether oxygens (including phenoxy) is 1. The Labute approximate surface area is 140 Å². The molecule has 0 radical (unpaired) electrons. The summed E-state index contributed by atoms with van der Waals surface area (Å²) < 4.78 is 6.05. The second-order valence-corrected chi connectivity index (χ2v) is 6.69. The van der Waals surface area contributed by atoms with Gasteiger partial charge in [-0.2, -0.15) is 0 Å². The maximum Gasteiger partial charge on any atom is 0.229 e. The summed E-state index contributed by atoms with van der Waals surface area (Å²) in [6.07, 6.45) is 0.548. The Bertz CT molecular complexity index is 698. The number of nitrogens with one attached hydrogen (secondary N) is 2. The average Bonchev–Trinajstić information content (AvgIpc) is 2.79. The van der Waals surface area contributed by atoms with Gasteiger partial charge in [0.2, 0.25) is 17.7 Å². The zero-order chi connectivity index (χ0) is 17.5. The smallest absolute Gasteiger partial charge is 0.229 e. The molecule has 3 rings (SSSR count). The van der Waals surface area contributed by atoms with Gasteiger partial charge in [0.15, 0.2) is 0 Å². The van der Waals surface area contributed by atoms with Crippen molar-refractivity contribution in [2.75, 3.05) is 17.2 Å². The Morgan fingerprint density at radius 1 is 1.33 bits per heavy atom. The number of hydrogen-bond donors (Lipinski definition) is 2. The van der Waals surface area contributed by atoms with Gasteiger partial charge in [0.25, 0.3) is 0 Å². The van der Waals surface area contributed by atoms with Crippen LogP contribution in [0, 0.1) is 0 Å². The molecular formula is C17H21N3O4. The zero-order valence-corrected chi connectivity index (χ0v) is 14.0. The number of carbonyl (C=O) groups is 3. The summed E-state index contributed by atoms with van der Waals surface area (Å²) in [7, 11) is 0. The molecule has 24 heavy (non-hydrogen) atoms. The van der Waals surface area contributed by atoms with Crippen molar-refractivity contribution in [2.45, 2.75) is 45.3 Å². The minimum Gasteiger partial charge on any atom is -0.483 e. The molecule has 128 valence electrons. The van der Waals surface area contributed by atoms with Crippen LogP contribution in [0.3, 0.4) is 0 Å². The molecule has 0 aliphatic carbocycles. The number of imide groups is 1. The van der Waals surface area contributed by atoms with Gasteiger partial charge in [-0.1, -0.05) is 0 Å². The quantitative estimate of drug-likeness (QED) is 0.824. The van der Waals surface area contributed by atoms with E-state index in [9.17, 15) is 14.4 Å². The monoisotopic (exact) mass is 331 g/mol. The van der Waals surface area contributed by atoms with Gasteiger partial charge < -0.3 is 15.4 Å². The van der Waals surface area contributed by atoms with Crippen molar-refractivity contribution in [1.82, 2.24) is 4.90 Å². The van der Waals surface area contributed by atoms with Crippen molar-refractivity contribution < 1.29 is 19.1 Å². The minimum atomic E-state index is -0.592. The van der Waals surface area contributed by atoms with E-state index < -0.39 is 5.60 Å². The van der Waals surface area contributed by atoms with Crippen molar-refractivity contribution in [3.05, 3.63) is 18.2 Å². The Balaban J connectivity index is 1.83. The molecule has 1 aromatic rings. The first-order valence-electron chi connectivity index (χ1n) is 7.96. The lowest BCUT2D eigenvalue weighted by molar-refractivity contribution is -0.139. The van der Waals surface area contributed by atoms with Gasteiger partial charge in [0.05, 0.1) is 18.3 Å². The summed E-state index contributed by atoms with van der Waals surface area (Å²) in [4.78, 5) is 36.3. The molecule has 0 bridgehead atoms. The largest absolute Gasteiger partial charge is 0.483 e. The van der Waals surface area contributed by atoms with E-state index in [1.54, 1.807) is 18.2 Å². The van der Waals surface area contributed by atoms with E-state index in [1.165, 1.54) is 11.8 Å². The lowest BCUT2D eigenvalue weighted by Gasteiger charge is -2.42. The highest BCUT2D eigenvalue weighted by Crippen LogP contribution is 2.38. The van der Waals surface area contributed by atoms with Crippen LogP contribution in [-0.2, 0) is 14.4 Å². The highest BCUT2D eigenvalue weighted by atomic mass is 16.5. The number of amides is 3. The molecule has 1 atom stereocenters. The molecule has 2 aliphatic heterocycles. The van der Waals surface area contributed by atoms with Crippen LogP contribution in [-0.4, -0.2) is 40.8 Å². The van der Waals surface area contributed by atoms with E-state index >= 15 is 0 Å². The van der Waals surface area contributed by atoms with Crippen LogP contribution < -0.4 is 15.4 Å². The molecular weight excluding hydrogens is 310 g/mol. The number of carbonyl (C=O) groups excluding carboxylic acids is 3. The van der Waals surface area contributed by atoms with Crippen molar-refractivity contribution in [2.24, 2.45) is 0 Å². The first-order valence-corrected chi connectivity index (χ1v) is 7.96. The molecule has 2 aliphatic rings. The van der Waals surface area contributed by atoms with Crippen molar-refractivity contribution >= 4 is 29.1 Å². The van der Waals surface area contributed by atoms with Crippen LogP contribution in [0.5, 0.6) is 5.75 Å². The van der Waals surface area contributed by atoms with Gasteiger partial charge in [-0.25, -0.2) is 0 Å². The summed E-state index contributed by atoms with van der Waals surface area (Å²) in [5, 5.41) is 6.07. The van der Waals surface area contributed by atoms with Gasteiger partial charge in [-0.3, -0.25) is 19.3 Å². The second kappa shape index (κ2) is 5.81. The predicted molar refractivity (Wildman–Crippen MR) is 88.8 cm³/mol. The highest BCUT2D eigenvalue weighted by Gasteiger charge is 2.41. The van der Waals surface area contributed by atoms with Crippen LogP contribution >= 0.6 is 0 Å². The normalized spacial score (nSPS) is 21.8. The molecule has 1 unspecified atom stereocenters. The second-order valence-electron chi connectivity index (χ2n) is 6.69. The number of anilines is 2. The van der Waals surface area contributed by atoms with Crippen molar-refractivity contribution in [3.63, 3.8) is 0 Å². The summed E-state index contributed by atoms with van der Waals surface area (Å²) >= 11 is 0. The molecule has 7 heteroatoms. The SMILES string of the molecule is CC(=O)Nc1ccc2c(c1)NC(CN1C(=O)CCC1=O)C(C)(C)O2. The molecule has 2 heterocycles. The maximum atomic E-state index is 11.9. The number of fused-ring (bicyclic) bond motifs is 1. The third kappa shape index (κ3) is 3.06. The third-order valence-electron chi connectivity index (χ3n) is 4.36. The molecule has 0 saturated carbocycles. The first kappa shape index (κ1) is 16.3. The predicted octanol–water partition coefficient (Wildman–Crippen LogP) is 1.75. The summed E-state index contributed by atoms with van der Waals surface area (Å²) in [5.74, 6) is 0.229. The van der Waals surface area contributed by atoms with Gasteiger partial charge in [0.1, 0.15) is 11.4 Å². The maximum absolute atomic E-state index is 11.9. The molecule has 1 saturated heterocycles.